The third kappa shape index (κ3) is 15.8. The van der Waals surface area contributed by atoms with Crippen LogP contribution in [0.15, 0.2) is 273 Å². The van der Waals surface area contributed by atoms with Crippen molar-refractivity contribution in [1.29, 1.82) is 0 Å². The van der Waals surface area contributed by atoms with Crippen LogP contribution in [0.1, 0.15) is 329 Å². The lowest BCUT2D eigenvalue weighted by atomic mass is 9.72. The van der Waals surface area contributed by atoms with Crippen molar-refractivity contribution in [2.75, 3.05) is 0 Å². The van der Waals surface area contributed by atoms with Crippen LogP contribution in [0.5, 0.6) is 0 Å². The van der Waals surface area contributed by atoms with E-state index in [1.165, 1.54) is 256 Å². The molecular weight excluding hydrogens is 1740 g/mol. The van der Waals surface area contributed by atoms with Crippen LogP contribution in [0.3, 0.4) is 0 Å². The summed E-state index contributed by atoms with van der Waals surface area (Å²) in [5.41, 5.74) is 40.7. The van der Waals surface area contributed by atoms with Crippen LogP contribution in [0.2, 0.25) is 0 Å². The molecule has 10 heterocycles. The van der Waals surface area contributed by atoms with E-state index < -0.39 is 6.02 Å². The SMILES string of the molecule is Cc1ccccc1-n1c(C)c2[n+](c1C(C)(C)C)C(C)(C)c1ccccc1-2.Cc1ccccc1-n1c(C)c2[n+](c1C(C)(C)C)C(C)(C1CCCC1)c1ccccc1-2.Cc1ccccc1-n1c(C)c2[n+](c1C(C)(C)C)C(C)(C1CCCCC1)c1ccccc1-2.Cc1ccccc1-n1c(C)c2[n+](c1C(C)(C)C)C(C)(c1ccccc1)c1ccccc1-2.[2H]C1(C)c2ccccc2-c2c(C)n(-c3ccccc3C)c(C(C)(C)C)[n+]21. The van der Waals surface area contributed by atoms with Gasteiger partial charge >= 0.3 is 0 Å². The second-order valence-corrected chi connectivity index (χ2v) is 48.7. The first kappa shape index (κ1) is 97.9. The molecule has 0 bridgehead atoms. The quantitative estimate of drug-likeness (QED) is 0.136. The molecule has 23 rings (SSSR count). The van der Waals surface area contributed by atoms with Crippen LogP contribution in [0.4, 0.5) is 0 Å². The van der Waals surface area contributed by atoms with Gasteiger partial charge in [0.15, 0.2) is 62.5 Å². The van der Waals surface area contributed by atoms with Gasteiger partial charge in [-0.2, -0.15) is 22.8 Å². The Kier molecular flexibility index (Phi) is 24.9. The molecule has 10 heteroatoms. The smallest absolute Gasteiger partial charge is 0.219 e. The zero-order chi connectivity index (χ0) is 103. The molecule has 4 atom stereocenters. The van der Waals surface area contributed by atoms with Crippen molar-refractivity contribution in [2.24, 2.45) is 11.8 Å². The van der Waals surface area contributed by atoms with Crippen LogP contribution in [0.25, 0.3) is 84.7 Å². The van der Waals surface area contributed by atoms with Crippen molar-refractivity contribution in [2.45, 2.75) is 328 Å². The van der Waals surface area contributed by atoms with E-state index in [2.05, 4.69) is 520 Å². The molecule has 143 heavy (non-hydrogen) atoms. The number of fused-ring (bicyclic) bond motifs is 15. The summed E-state index contributed by atoms with van der Waals surface area (Å²) in [4.78, 5) is 0. The molecule has 2 aliphatic carbocycles. The number of rotatable bonds is 8. The molecule has 0 saturated heterocycles. The molecule has 5 aliphatic heterocycles. The van der Waals surface area contributed by atoms with Crippen LogP contribution >= 0.6 is 0 Å². The van der Waals surface area contributed by atoms with Crippen molar-refractivity contribution in [3.63, 3.8) is 0 Å². The first-order valence-electron chi connectivity index (χ1n) is 53.9. The Bertz CT molecular complexity index is 7510. The van der Waals surface area contributed by atoms with Crippen LogP contribution in [-0.2, 0) is 49.2 Å². The van der Waals surface area contributed by atoms with Gasteiger partial charge in [0.2, 0.25) is 0 Å². The number of para-hydroxylation sites is 5. The molecule has 0 radical (unpaired) electrons. The van der Waals surface area contributed by atoms with E-state index in [0.29, 0.717) is 11.8 Å². The number of aryl methyl sites for hydroxylation is 5. The van der Waals surface area contributed by atoms with Gasteiger partial charge in [-0.25, -0.2) is 22.8 Å². The fourth-order valence-electron chi connectivity index (χ4n) is 27.1. The summed E-state index contributed by atoms with van der Waals surface area (Å²) in [6.07, 6.45) is 12.2. The van der Waals surface area contributed by atoms with Gasteiger partial charge in [0.25, 0.3) is 29.1 Å². The zero-order valence-corrected chi connectivity index (χ0v) is 92.0. The topological polar surface area (TPSA) is 44.0 Å². The number of hydrogen-bond acceptors (Lipinski definition) is 0. The third-order valence-corrected chi connectivity index (χ3v) is 33.5. The fraction of sp³-hybridized carbons (Fsp3) is 0.391. The molecule has 16 aromatic rings. The van der Waals surface area contributed by atoms with Gasteiger partial charge < -0.3 is 0 Å². The molecule has 4 unspecified atom stereocenters. The first-order chi connectivity index (χ1) is 68.1. The highest BCUT2D eigenvalue weighted by molar-refractivity contribution is 5.75. The van der Waals surface area contributed by atoms with Crippen molar-refractivity contribution in [3.05, 3.63) is 392 Å². The highest BCUT2D eigenvalue weighted by Crippen LogP contribution is 2.55. The lowest BCUT2D eigenvalue weighted by Gasteiger charge is -2.37. The minimum absolute atomic E-state index is 0.00759. The van der Waals surface area contributed by atoms with Crippen LogP contribution in [-0.4, -0.2) is 22.8 Å². The maximum absolute atomic E-state index is 9.25. The van der Waals surface area contributed by atoms with Gasteiger partial charge in [-0.3, -0.25) is 0 Å². The Hall–Kier alpha value is -12.5. The Labute approximate surface area is 857 Å². The molecule has 0 N–H and O–H groups in total. The lowest BCUT2D eigenvalue weighted by molar-refractivity contribution is -0.753. The van der Waals surface area contributed by atoms with E-state index >= 15 is 0 Å². The lowest BCUT2D eigenvalue weighted by Crippen LogP contribution is -2.61. The molecule has 0 spiro atoms. The van der Waals surface area contributed by atoms with Crippen LogP contribution < -0.4 is 22.8 Å². The molecular formula is C133H159N10+5. The fourth-order valence-corrected chi connectivity index (χ4v) is 27.1. The zero-order valence-electron chi connectivity index (χ0n) is 93.0. The summed E-state index contributed by atoms with van der Waals surface area (Å²) in [5.74, 6) is 8.10. The number of benzene rings is 11. The second kappa shape index (κ2) is 36.3. The van der Waals surface area contributed by atoms with E-state index in [4.69, 9.17) is 0 Å². The average Bonchev–Trinajstić information content (AvgIpc) is 1.53. The highest BCUT2D eigenvalue weighted by Gasteiger charge is 2.60. The van der Waals surface area contributed by atoms with Gasteiger partial charge in [-0.05, 0) is 264 Å². The Balaban J connectivity index is 0.000000114. The maximum atomic E-state index is 9.25. The third-order valence-electron chi connectivity index (χ3n) is 33.5. The molecule has 11 aromatic carbocycles. The van der Waals surface area contributed by atoms with E-state index in [1.54, 1.807) is 0 Å². The minimum Gasteiger partial charge on any atom is -0.219 e. The van der Waals surface area contributed by atoms with Gasteiger partial charge in [0.1, 0.15) is 51.1 Å². The molecule has 5 aromatic heterocycles. The molecule has 7 aliphatic rings. The molecule has 0 amide bonds. The summed E-state index contributed by atoms with van der Waals surface area (Å²) in [6.45, 7) is 71.5. The predicted molar refractivity (Wildman–Crippen MR) is 592 cm³/mol. The number of hydrogen-bond donors (Lipinski definition) is 0. The first-order valence-corrected chi connectivity index (χ1v) is 53.4. The number of imidazole rings is 5. The number of nitrogens with zero attached hydrogens (tertiary/aromatic N) is 10. The van der Waals surface area contributed by atoms with Gasteiger partial charge in [-0.15, -0.1) is 0 Å². The molecule has 2 fully saturated rings. The molecule has 10 nitrogen and oxygen atoms in total. The summed E-state index contributed by atoms with van der Waals surface area (Å²) < 4.78 is 34.7. The molecule has 736 valence electrons. The number of aromatic nitrogens is 10. The van der Waals surface area contributed by atoms with Crippen molar-refractivity contribution in [1.82, 2.24) is 22.8 Å². The van der Waals surface area contributed by atoms with Gasteiger partial charge in [0.05, 0.1) is 28.4 Å². The largest absolute Gasteiger partial charge is 0.268 e. The summed E-state index contributed by atoms with van der Waals surface area (Å²) in [5, 5.41) is 0. The van der Waals surface area contributed by atoms with Crippen molar-refractivity contribution in [3.8, 4) is 84.7 Å². The minimum atomic E-state index is -0.812. The van der Waals surface area contributed by atoms with Gasteiger partial charge in [-0.1, -0.05) is 275 Å². The van der Waals surface area contributed by atoms with Crippen molar-refractivity contribution >= 4 is 0 Å². The monoisotopic (exact) mass is 1900 g/mol. The standard InChI is InChI=1S/C29H37N2.C29H31N2.C28H35N2.C24H29N2.C23H27N2/c2*1-20-14-10-13-19-25(20)30-21(2)26-23-17-11-12-18-24(23)29(6,22-15-8-7-9-16-22)31(26)27(30)28(3,4)5;1-19-13-7-12-18-24(19)29-20(2)25-22-16-10-11-17-23(22)28(6,21-14-8-9-15-21)30(25)26(29)27(3,4)5;1-16-12-8-11-15-20(16)25-17(2)21-18-13-9-10-14-19(18)24(6,7)26(21)22(25)23(3,4)5;1-15-11-7-10-14-20(15)24-17(3)21-19-13-9-8-12-18(19)16(2)25(21)22(24)23(4,5)6/h10-14,17-19,22H,7-9,15-16H2,1-6H3;7-19H,1-6H3;7,10-13,16-18,21H,8-9,14-15H2,1-6H3;8-15H,1-7H3;7-14,16H,1-6H3/q5*+1/i;;;;16D. The Morgan fingerprint density at radius 3 is 0.867 bits per heavy atom. The highest BCUT2D eigenvalue weighted by atomic mass is 15.3. The Morgan fingerprint density at radius 2 is 0.510 bits per heavy atom. The van der Waals surface area contributed by atoms with E-state index in [0.717, 1.165) is 5.56 Å². The van der Waals surface area contributed by atoms with Gasteiger partial charge in [0, 0.05) is 108 Å². The predicted octanol–water partition coefficient (Wildman–Crippen LogP) is 30.8. The summed E-state index contributed by atoms with van der Waals surface area (Å²) in [7, 11) is 0. The normalized spacial score (nSPS) is 19.0. The van der Waals surface area contributed by atoms with Crippen molar-refractivity contribution < 1.29 is 24.2 Å². The van der Waals surface area contributed by atoms with E-state index in [-0.39, 0.29) is 49.2 Å². The summed E-state index contributed by atoms with van der Waals surface area (Å²) in [6, 6.07) is 98.4. The van der Waals surface area contributed by atoms with Crippen LogP contribution in [0, 0.1) is 81.1 Å². The molecule has 2 saturated carbocycles. The second-order valence-electron chi connectivity index (χ2n) is 48.7. The maximum Gasteiger partial charge on any atom is 0.268 e. The van der Waals surface area contributed by atoms with E-state index in [9.17, 15) is 1.37 Å². The summed E-state index contributed by atoms with van der Waals surface area (Å²) >= 11 is 0. The average molecular weight is 1900 g/mol. The van der Waals surface area contributed by atoms with E-state index in [1.807, 2.05) is 13.0 Å². The Morgan fingerprint density at radius 1 is 0.259 bits per heavy atom.